The molecule has 1 N–H and O–H groups in total. The summed E-state index contributed by atoms with van der Waals surface area (Å²) in [5.74, 6) is -1.35. The van der Waals surface area contributed by atoms with Crippen molar-refractivity contribution in [2.24, 2.45) is 0 Å². The van der Waals surface area contributed by atoms with Gasteiger partial charge in [0.2, 0.25) is 0 Å². The number of rotatable bonds is 5. The Bertz CT molecular complexity index is 756. The third-order valence-corrected chi connectivity index (χ3v) is 4.66. The molecule has 120 valence electrons. The minimum Gasteiger partial charge on any atom is -0.478 e. The van der Waals surface area contributed by atoms with Crippen LogP contribution in [0, 0.1) is 0 Å². The van der Waals surface area contributed by atoms with E-state index in [0.29, 0.717) is 16.2 Å². The molecule has 0 fully saturated rings. The maximum atomic E-state index is 11.7. The fourth-order valence-electron chi connectivity index (χ4n) is 2.31. The fourth-order valence-corrected chi connectivity index (χ4v) is 3.24. The Hall–Kier alpha value is -1.66. The minimum atomic E-state index is -0.958. The van der Waals surface area contributed by atoms with Crippen LogP contribution in [0.3, 0.4) is 0 Å². The Labute approximate surface area is 150 Å². The number of ether oxygens (including phenoxy) is 1. The van der Waals surface area contributed by atoms with Crippen molar-refractivity contribution in [2.45, 2.75) is 10.7 Å². The molecule has 0 atom stereocenters. The number of halogens is 2. The smallest absolute Gasteiger partial charge is 0.337 e. The number of esters is 1. The first-order valence-electron chi connectivity index (χ1n) is 6.71. The number of hydrogen-bond donors (Lipinski definition) is 1. The van der Waals surface area contributed by atoms with Crippen molar-refractivity contribution in [2.75, 3.05) is 7.11 Å². The van der Waals surface area contributed by atoms with Gasteiger partial charge < -0.3 is 9.84 Å². The van der Waals surface area contributed by atoms with Gasteiger partial charge in [-0.2, -0.15) is 0 Å². The van der Waals surface area contributed by atoms with Crippen LogP contribution in [0.25, 0.3) is 11.1 Å². The average Bonchev–Trinajstić information content (AvgIpc) is 2.59. The molecule has 0 radical (unpaired) electrons. The van der Waals surface area contributed by atoms with Crippen molar-refractivity contribution in [1.29, 1.82) is 0 Å². The molecule has 0 bridgehead atoms. The molecule has 0 amide bonds. The van der Waals surface area contributed by atoms with Gasteiger partial charge >= 0.3 is 11.9 Å². The highest BCUT2D eigenvalue weighted by molar-refractivity contribution is 9.08. The molecule has 6 heteroatoms. The summed E-state index contributed by atoms with van der Waals surface area (Å²) in [4.78, 5) is 22.8. The second kappa shape index (κ2) is 7.75. The molecule has 2 aromatic carbocycles. The van der Waals surface area contributed by atoms with Gasteiger partial charge in [-0.1, -0.05) is 44.0 Å². The molecule has 0 unspecified atom stereocenters. The van der Waals surface area contributed by atoms with E-state index in [1.807, 2.05) is 6.07 Å². The van der Waals surface area contributed by atoms with Crippen molar-refractivity contribution in [3.63, 3.8) is 0 Å². The van der Waals surface area contributed by atoms with Crippen LogP contribution >= 0.6 is 31.9 Å². The van der Waals surface area contributed by atoms with E-state index in [9.17, 15) is 9.59 Å². The number of carbonyl (C=O) groups is 2. The third-order valence-electron chi connectivity index (χ3n) is 3.46. The van der Waals surface area contributed by atoms with E-state index in [2.05, 4.69) is 31.9 Å². The normalized spacial score (nSPS) is 10.4. The summed E-state index contributed by atoms with van der Waals surface area (Å²) in [7, 11) is 1.34. The summed E-state index contributed by atoms with van der Waals surface area (Å²) in [6.07, 6.45) is 0. The summed E-state index contributed by atoms with van der Waals surface area (Å²) in [6, 6.07) is 10.4. The number of carboxylic acid groups (broad SMARTS) is 1. The number of carboxylic acids is 1. The first-order chi connectivity index (χ1) is 11.0. The van der Waals surface area contributed by atoms with E-state index in [1.165, 1.54) is 7.11 Å². The molecule has 2 aromatic rings. The van der Waals surface area contributed by atoms with Crippen molar-refractivity contribution in [3.05, 3.63) is 58.7 Å². The Balaban J connectivity index is 2.57. The molecule has 0 heterocycles. The van der Waals surface area contributed by atoms with E-state index < -0.39 is 5.97 Å². The average molecular weight is 442 g/mol. The molecule has 23 heavy (non-hydrogen) atoms. The number of aromatic carboxylic acids is 1. The fraction of sp³-hybridized carbons (Fsp3) is 0.176. The molecular weight excluding hydrogens is 428 g/mol. The van der Waals surface area contributed by atoms with E-state index in [0.717, 1.165) is 22.3 Å². The predicted octanol–water partition coefficient (Wildman–Crippen LogP) is 4.63. The second-order valence-electron chi connectivity index (χ2n) is 4.81. The van der Waals surface area contributed by atoms with Crippen LogP contribution < -0.4 is 0 Å². The molecule has 0 aromatic heterocycles. The second-order valence-corrected chi connectivity index (χ2v) is 5.93. The molecule has 0 saturated carbocycles. The van der Waals surface area contributed by atoms with Crippen LogP contribution in [-0.4, -0.2) is 24.2 Å². The SMILES string of the molecule is COC(=O)c1ccc(-c2ccc(C(=O)O)cc2CBr)c(CBr)c1. The quantitative estimate of drug-likeness (QED) is 0.542. The predicted molar refractivity (Wildman–Crippen MR) is 95.4 cm³/mol. The van der Waals surface area contributed by atoms with Gasteiger partial charge in [0.05, 0.1) is 18.2 Å². The van der Waals surface area contributed by atoms with Crippen LogP contribution in [-0.2, 0) is 15.4 Å². The lowest BCUT2D eigenvalue weighted by molar-refractivity contribution is 0.0599. The molecule has 0 spiro atoms. The molecule has 0 aliphatic rings. The van der Waals surface area contributed by atoms with Gasteiger partial charge in [0.1, 0.15) is 0 Å². The number of carbonyl (C=O) groups excluding carboxylic acids is 1. The maximum Gasteiger partial charge on any atom is 0.337 e. The number of methoxy groups -OCH3 is 1. The van der Waals surface area contributed by atoms with Gasteiger partial charge in [-0.25, -0.2) is 9.59 Å². The first kappa shape index (κ1) is 17.7. The highest BCUT2D eigenvalue weighted by atomic mass is 79.9. The standard InChI is InChI=1S/C17H14Br2O4/c1-23-17(22)11-3-5-15(13(7-11)9-19)14-4-2-10(16(20)21)6-12(14)8-18/h2-7H,8-9H2,1H3,(H,20,21). The highest BCUT2D eigenvalue weighted by Crippen LogP contribution is 2.31. The lowest BCUT2D eigenvalue weighted by Gasteiger charge is -2.13. The van der Waals surface area contributed by atoms with E-state index in [-0.39, 0.29) is 11.5 Å². The van der Waals surface area contributed by atoms with Crippen molar-refractivity contribution in [3.8, 4) is 11.1 Å². The van der Waals surface area contributed by atoms with Gasteiger partial charge in [0.15, 0.2) is 0 Å². The minimum absolute atomic E-state index is 0.245. The Morgan fingerprint density at radius 1 is 0.957 bits per heavy atom. The highest BCUT2D eigenvalue weighted by Gasteiger charge is 2.14. The first-order valence-corrected chi connectivity index (χ1v) is 8.95. The van der Waals surface area contributed by atoms with Crippen LogP contribution in [0.2, 0.25) is 0 Å². The van der Waals surface area contributed by atoms with Gasteiger partial charge in [0, 0.05) is 10.7 Å². The van der Waals surface area contributed by atoms with Crippen molar-refractivity contribution in [1.82, 2.24) is 0 Å². The van der Waals surface area contributed by atoms with Gasteiger partial charge in [0.25, 0.3) is 0 Å². The molecule has 2 rings (SSSR count). The molecular formula is C17H14Br2O4. The topological polar surface area (TPSA) is 63.6 Å². The number of hydrogen-bond acceptors (Lipinski definition) is 3. The van der Waals surface area contributed by atoms with Crippen LogP contribution in [0.1, 0.15) is 31.8 Å². The summed E-state index contributed by atoms with van der Waals surface area (Å²) >= 11 is 6.84. The zero-order chi connectivity index (χ0) is 17.0. The van der Waals surface area contributed by atoms with E-state index >= 15 is 0 Å². The third kappa shape index (κ3) is 3.82. The van der Waals surface area contributed by atoms with Gasteiger partial charge in [-0.05, 0) is 46.5 Å². The van der Waals surface area contributed by atoms with Gasteiger partial charge in [-0.3, -0.25) is 0 Å². The van der Waals surface area contributed by atoms with E-state index in [1.54, 1.807) is 30.3 Å². The molecule has 0 aliphatic heterocycles. The number of benzene rings is 2. The van der Waals surface area contributed by atoms with Crippen molar-refractivity contribution < 1.29 is 19.4 Å². The van der Waals surface area contributed by atoms with Crippen LogP contribution in [0.15, 0.2) is 36.4 Å². The molecule has 0 aliphatic carbocycles. The van der Waals surface area contributed by atoms with E-state index in [4.69, 9.17) is 9.84 Å². The zero-order valence-corrected chi connectivity index (χ0v) is 15.5. The monoisotopic (exact) mass is 440 g/mol. The van der Waals surface area contributed by atoms with Gasteiger partial charge in [-0.15, -0.1) is 0 Å². The van der Waals surface area contributed by atoms with Crippen LogP contribution in [0.5, 0.6) is 0 Å². The van der Waals surface area contributed by atoms with Crippen LogP contribution in [0.4, 0.5) is 0 Å². The summed E-state index contributed by atoms with van der Waals surface area (Å²) in [5.41, 5.74) is 4.40. The largest absolute Gasteiger partial charge is 0.478 e. The molecule has 0 saturated heterocycles. The number of alkyl halides is 2. The van der Waals surface area contributed by atoms with Crippen molar-refractivity contribution >= 4 is 43.8 Å². The summed E-state index contributed by atoms with van der Waals surface area (Å²) in [6.45, 7) is 0. The lowest BCUT2D eigenvalue weighted by Crippen LogP contribution is -2.03. The molecule has 4 nitrogen and oxygen atoms in total. The lowest BCUT2D eigenvalue weighted by atomic mass is 9.94. The Morgan fingerprint density at radius 2 is 1.43 bits per heavy atom. The summed E-state index contributed by atoms with van der Waals surface area (Å²) in [5, 5.41) is 10.2. The Kier molecular flexibility index (Phi) is 5.96. The maximum absolute atomic E-state index is 11.7. The Morgan fingerprint density at radius 3 is 1.87 bits per heavy atom. The zero-order valence-electron chi connectivity index (χ0n) is 12.3. The summed E-state index contributed by atoms with van der Waals surface area (Å²) < 4.78 is 4.74.